The van der Waals surface area contributed by atoms with E-state index in [9.17, 15) is 8.42 Å². The first-order valence-electron chi connectivity index (χ1n) is 6.67. The summed E-state index contributed by atoms with van der Waals surface area (Å²) in [6.07, 6.45) is 2.85. The molecular weight excluding hydrogens is 278 g/mol. The first-order chi connectivity index (χ1) is 9.44. The molecule has 1 heterocycles. The van der Waals surface area contributed by atoms with Crippen LogP contribution in [0.3, 0.4) is 0 Å². The van der Waals surface area contributed by atoms with Gasteiger partial charge in [-0.2, -0.15) is 12.7 Å². The van der Waals surface area contributed by atoms with E-state index >= 15 is 0 Å². The second kappa shape index (κ2) is 5.88. The fourth-order valence-corrected chi connectivity index (χ4v) is 3.92. The highest BCUT2D eigenvalue weighted by molar-refractivity contribution is 7.90. The van der Waals surface area contributed by atoms with Crippen LogP contribution >= 0.6 is 0 Å². The molecule has 0 bridgehead atoms. The molecule has 1 aromatic rings. The molecule has 112 valence electrons. The number of methoxy groups -OCH3 is 1. The number of rotatable bonds is 4. The van der Waals surface area contributed by atoms with Crippen LogP contribution in [0.4, 0.5) is 11.4 Å². The van der Waals surface area contributed by atoms with Crippen molar-refractivity contribution in [2.45, 2.75) is 32.2 Å². The third-order valence-corrected chi connectivity index (χ3v) is 5.19. The second-order valence-corrected chi connectivity index (χ2v) is 6.64. The van der Waals surface area contributed by atoms with Gasteiger partial charge >= 0.3 is 10.2 Å². The standard InChI is InChI=1S/C13H21N3O3S/c1-10-5-3-4-8-16(10)20(17,18)15-13-7-6-11(19-2)9-12(13)14/h6-7,9-10,15H,3-5,8,14H2,1-2H3. The van der Waals surface area contributed by atoms with E-state index < -0.39 is 10.2 Å². The maximum atomic E-state index is 12.4. The lowest BCUT2D eigenvalue weighted by atomic mass is 10.1. The number of piperidine rings is 1. The van der Waals surface area contributed by atoms with Crippen molar-refractivity contribution < 1.29 is 13.2 Å². The number of nitrogen functional groups attached to an aromatic ring is 1. The summed E-state index contributed by atoms with van der Waals surface area (Å²) in [5, 5.41) is 0. The Labute approximate surface area is 120 Å². The van der Waals surface area contributed by atoms with Crippen LogP contribution in [0.5, 0.6) is 5.75 Å². The molecule has 0 aliphatic carbocycles. The molecule has 1 saturated heterocycles. The summed E-state index contributed by atoms with van der Waals surface area (Å²) in [5.74, 6) is 0.594. The predicted molar refractivity (Wildman–Crippen MR) is 80.0 cm³/mol. The molecule has 7 heteroatoms. The number of nitrogens with two attached hydrogens (primary N) is 1. The van der Waals surface area contributed by atoms with Crippen LogP contribution in [0.25, 0.3) is 0 Å². The van der Waals surface area contributed by atoms with E-state index in [0.717, 1.165) is 19.3 Å². The lowest BCUT2D eigenvalue weighted by Crippen LogP contribution is -2.44. The number of nitrogens with one attached hydrogen (secondary N) is 1. The molecule has 0 aromatic heterocycles. The minimum absolute atomic E-state index is 0.0146. The van der Waals surface area contributed by atoms with Crippen molar-refractivity contribution in [2.75, 3.05) is 24.1 Å². The molecule has 1 unspecified atom stereocenters. The van der Waals surface area contributed by atoms with Gasteiger partial charge in [0.2, 0.25) is 0 Å². The van der Waals surface area contributed by atoms with E-state index in [2.05, 4.69) is 4.72 Å². The number of anilines is 2. The Morgan fingerprint density at radius 3 is 2.75 bits per heavy atom. The van der Waals surface area contributed by atoms with Crippen LogP contribution in [0, 0.1) is 0 Å². The van der Waals surface area contributed by atoms with Gasteiger partial charge in [-0.15, -0.1) is 0 Å². The van der Waals surface area contributed by atoms with Crippen molar-refractivity contribution in [3.63, 3.8) is 0 Å². The SMILES string of the molecule is COc1ccc(NS(=O)(=O)N2CCCCC2C)c(N)c1. The second-order valence-electron chi connectivity index (χ2n) is 5.02. The molecule has 20 heavy (non-hydrogen) atoms. The molecule has 3 N–H and O–H groups in total. The summed E-state index contributed by atoms with van der Waals surface area (Å²) >= 11 is 0. The first kappa shape index (κ1) is 14.9. The van der Waals surface area contributed by atoms with Gasteiger partial charge in [-0.3, -0.25) is 4.72 Å². The largest absolute Gasteiger partial charge is 0.497 e. The Hall–Kier alpha value is -1.47. The fourth-order valence-electron chi connectivity index (χ4n) is 2.39. The Morgan fingerprint density at radius 1 is 1.40 bits per heavy atom. The van der Waals surface area contributed by atoms with Crippen molar-refractivity contribution in [3.05, 3.63) is 18.2 Å². The summed E-state index contributed by atoms with van der Waals surface area (Å²) in [5.41, 5.74) is 6.57. The summed E-state index contributed by atoms with van der Waals surface area (Å²) in [4.78, 5) is 0. The van der Waals surface area contributed by atoms with Crippen molar-refractivity contribution >= 4 is 21.6 Å². The lowest BCUT2D eigenvalue weighted by Gasteiger charge is -2.32. The average Bonchev–Trinajstić information content (AvgIpc) is 2.41. The zero-order valence-corrected chi connectivity index (χ0v) is 12.6. The number of ether oxygens (including phenoxy) is 1. The predicted octanol–water partition coefficient (Wildman–Crippen LogP) is 1.81. The van der Waals surface area contributed by atoms with E-state index in [4.69, 9.17) is 10.5 Å². The summed E-state index contributed by atoms with van der Waals surface area (Å²) < 4.78 is 33.9. The van der Waals surface area contributed by atoms with E-state index in [-0.39, 0.29) is 6.04 Å². The molecule has 0 saturated carbocycles. The van der Waals surface area contributed by atoms with Gasteiger partial charge in [0.05, 0.1) is 18.5 Å². The molecule has 1 aliphatic rings. The topological polar surface area (TPSA) is 84.7 Å². The van der Waals surface area contributed by atoms with Crippen LogP contribution in [-0.4, -0.2) is 32.4 Å². The number of nitrogens with zero attached hydrogens (tertiary/aromatic N) is 1. The van der Waals surface area contributed by atoms with Crippen molar-refractivity contribution in [2.24, 2.45) is 0 Å². The van der Waals surface area contributed by atoms with Gasteiger partial charge in [0, 0.05) is 18.7 Å². The number of benzene rings is 1. The molecule has 1 aliphatic heterocycles. The zero-order valence-electron chi connectivity index (χ0n) is 11.8. The molecule has 0 radical (unpaired) electrons. The maximum absolute atomic E-state index is 12.4. The van der Waals surface area contributed by atoms with Gasteiger partial charge in [0.1, 0.15) is 5.75 Å². The highest BCUT2D eigenvalue weighted by Gasteiger charge is 2.29. The van der Waals surface area contributed by atoms with E-state index in [1.165, 1.54) is 11.4 Å². The van der Waals surface area contributed by atoms with E-state index in [1.807, 2.05) is 6.92 Å². The molecule has 1 fully saturated rings. The monoisotopic (exact) mass is 299 g/mol. The van der Waals surface area contributed by atoms with Gasteiger partial charge in [-0.05, 0) is 31.9 Å². The highest BCUT2D eigenvalue weighted by atomic mass is 32.2. The molecule has 6 nitrogen and oxygen atoms in total. The Kier molecular flexibility index (Phi) is 4.39. The van der Waals surface area contributed by atoms with Crippen LogP contribution < -0.4 is 15.2 Å². The molecule has 0 amide bonds. The lowest BCUT2D eigenvalue weighted by molar-refractivity contribution is 0.270. The fraction of sp³-hybridized carbons (Fsp3) is 0.538. The van der Waals surface area contributed by atoms with Gasteiger partial charge < -0.3 is 10.5 Å². The van der Waals surface area contributed by atoms with Crippen molar-refractivity contribution in [1.82, 2.24) is 4.31 Å². The van der Waals surface area contributed by atoms with Crippen molar-refractivity contribution in [3.8, 4) is 5.75 Å². The molecule has 0 spiro atoms. The quantitative estimate of drug-likeness (QED) is 0.830. The third-order valence-electron chi connectivity index (χ3n) is 3.55. The minimum atomic E-state index is -3.57. The maximum Gasteiger partial charge on any atom is 0.301 e. The number of hydrogen-bond donors (Lipinski definition) is 2. The highest BCUT2D eigenvalue weighted by Crippen LogP contribution is 2.27. The van der Waals surface area contributed by atoms with Crippen molar-refractivity contribution in [1.29, 1.82) is 0 Å². The van der Waals surface area contributed by atoms with Crippen LogP contribution in [0.1, 0.15) is 26.2 Å². The normalized spacial score (nSPS) is 20.6. The summed E-state index contributed by atoms with van der Waals surface area (Å²) in [7, 11) is -2.03. The Morgan fingerprint density at radius 2 is 2.15 bits per heavy atom. The van der Waals surface area contributed by atoms with Crippen LogP contribution in [0.15, 0.2) is 18.2 Å². The molecule has 2 rings (SSSR count). The average molecular weight is 299 g/mol. The molecule has 1 aromatic carbocycles. The number of hydrogen-bond acceptors (Lipinski definition) is 4. The van der Waals surface area contributed by atoms with Gasteiger partial charge in [0.25, 0.3) is 0 Å². The smallest absolute Gasteiger partial charge is 0.301 e. The Bertz CT molecular complexity index is 574. The van der Waals surface area contributed by atoms with Crippen LogP contribution in [-0.2, 0) is 10.2 Å². The van der Waals surface area contributed by atoms with Gasteiger partial charge in [0.15, 0.2) is 0 Å². The molecular formula is C13H21N3O3S. The first-order valence-corrected chi connectivity index (χ1v) is 8.11. The van der Waals surface area contributed by atoms with Crippen LogP contribution in [0.2, 0.25) is 0 Å². The zero-order chi connectivity index (χ0) is 14.8. The summed E-state index contributed by atoms with van der Waals surface area (Å²) in [6.45, 7) is 2.47. The van der Waals surface area contributed by atoms with E-state index in [0.29, 0.717) is 23.7 Å². The summed E-state index contributed by atoms with van der Waals surface area (Å²) in [6, 6.07) is 4.90. The van der Waals surface area contributed by atoms with E-state index in [1.54, 1.807) is 18.2 Å². The Balaban J connectivity index is 2.19. The van der Waals surface area contributed by atoms with Gasteiger partial charge in [-0.1, -0.05) is 6.42 Å². The minimum Gasteiger partial charge on any atom is -0.497 e. The molecule has 1 atom stereocenters. The van der Waals surface area contributed by atoms with Gasteiger partial charge in [-0.25, -0.2) is 0 Å². The third kappa shape index (κ3) is 3.16.